The van der Waals surface area contributed by atoms with Crippen LogP contribution in [0.15, 0.2) is 0 Å². The molecule has 1 unspecified atom stereocenters. The van der Waals surface area contributed by atoms with Crippen LogP contribution in [0.1, 0.15) is 52.9 Å². The minimum Gasteiger partial charge on any atom is -0.126 e. The van der Waals surface area contributed by atoms with Gasteiger partial charge in [0.15, 0.2) is 0 Å². The summed E-state index contributed by atoms with van der Waals surface area (Å²) in [7, 11) is 0. The van der Waals surface area contributed by atoms with Crippen LogP contribution in [0.3, 0.4) is 0 Å². The van der Waals surface area contributed by atoms with Crippen molar-refractivity contribution in [3.05, 3.63) is 0 Å². The van der Waals surface area contributed by atoms with Crippen LogP contribution in [0.25, 0.3) is 0 Å². The van der Waals surface area contributed by atoms with Crippen molar-refractivity contribution >= 4 is 11.6 Å². The van der Waals surface area contributed by atoms with Crippen LogP contribution in [-0.4, -0.2) is 5.88 Å². The summed E-state index contributed by atoms with van der Waals surface area (Å²) in [5.41, 5.74) is 0.409. The van der Waals surface area contributed by atoms with Gasteiger partial charge in [0.1, 0.15) is 0 Å². The predicted molar refractivity (Wildman–Crippen MR) is 53.3 cm³/mol. The van der Waals surface area contributed by atoms with Gasteiger partial charge in [0.05, 0.1) is 0 Å². The molecular formula is C10H21Cl. The quantitative estimate of drug-likeness (QED) is 0.532. The second-order valence-electron chi connectivity index (χ2n) is 3.80. The number of hydrogen-bond acceptors (Lipinski definition) is 0. The lowest BCUT2D eigenvalue weighted by Crippen LogP contribution is -2.17. The van der Waals surface area contributed by atoms with Gasteiger partial charge in [-0.3, -0.25) is 0 Å². The molecule has 0 aliphatic heterocycles. The first-order valence-corrected chi connectivity index (χ1v) is 5.28. The highest BCUT2D eigenvalue weighted by atomic mass is 35.5. The van der Waals surface area contributed by atoms with E-state index in [1.54, 1.807) is 0 Å². The van der Waals surface area contributed by atoms with Gasteiger partial charge in [-0.2, -0.15) is 0 Å². The van der Waals surface area contributed by atoms with Crippen molar-refractivity contribution < 1.29 is 0 Å². The summed E-state index contributed by atoms with van der Waals surface area (Å²) in [6.07, 6.45) is 6.43. The smallest absolute Gasteiger partial charge is 0.0277 e. The molecule has 68 valence electrons. The van der Waals surface area contributed by atoms with Crippen LogP contribution in [0.2, 0.25) is 0 Å². The number of rotatable bonds is 6. The van der Waals surface area contributed by atoms with Gasteiger partial charge in [-0.05, 0) is 18.3 Å². The summed E-state index contributed by atoms with van der Waals surface area (Å²) in [6.45, 7) is 6.77. The van der Waals surface area contributed by atoms with Crippen LogP contribution < -0.4 is 0 Å². The molecule has 0 aliphatic rings. The summed E-state index contributed by atoms with van der Waals surface area (Å²) in [5, 5.41) is 0. The normalized spacial score (nSPS) is 16.4. The molecule has 11 heavy (non-hydrogen) atoms. The molecule has 0 fully saturated rings. The summed E-state index contributed by atoms with van der Waals surface area (Å²) in [5.74, 6) is 0.820. The van der Waals surface area contributed by atoms with Gasteiger partial charge in [-0.15, -0.1) is 11.6 Å². The van der Waals surface area contributed by atoms with Gasteiger partial charge >= 0.3 is 0 Å². The Morgan fingerprint density at radius 1 is 1.09 bits per heavy atom. The molecule has 0 nitrogen and oxygen atoms in total. The minimum absolute atomic E-state index is 0.409. The zero-order valence-electron chi connectivity index (χ0n) is 8.12. The van der Waals surface area contributed by atoms with Gasteiger partial charge in [0.25, 0.3) is 0 Å². The van der Waals surface area contributed by atoms with E-state index in [0.717, 1.165) is 5.88 Å². The van der Waals surface area contributed by atoms with Crippen molar-refractivity contribution in [1.82, 2.24) is 0 Å². The average Bonchev–Trinajstić information content (AvgIpc) is 2.02. The van der Waals surface area contributed by atoms with Gasteiger partial charge < -0.3 is 0 Å². The minimum atomic E-state index is 0.409. The standard InChI is InChI=1S/C10H21Cl/c1-4-6-8-10(3,9-11)7-5-2/h4-9H2,1-3H3. The van der Waals surface area contributed by atoms with Crippen LogP contribution in [-0.2, 0) is 0 Å². The molecule has 0 saturated heterocycles. The lowest BCUT2D eigenvalue weighted by atomic mass is 9.83. The van der Waals surface area contributed by atoms with Gasteiger partial charge in [0, 0.05) is 5.88 Å². The third-order valence-corrected chi connectivity index (χ3v) is 2.96. The fraction of sp³-hybridized carbons (Fsp3) is 1.00. The predicted octanol–water partition coefficient (Wildman–Crippen LogP) is 4.22. The van der Waals surface area contributed by atoms with Gasteiger partial charge in [-0.25, -0.2) is 0 Å². The van der Waals surface area contributed by atoms with E-state index in [0.29, 0.717) is 5.41 Å². The van der Waals surface area contributed by atoms with E-state index < -0.39 is 0 Å². The first-order chi connectivity index (χ1) is 5.18. The van der Waals surface area contributed by atoms with Crippen molar-refractivity contribution in [3.63, 3.8) is 0 Å². The van der Waals surface area contributed by atoms with Crippen LogP contribution in [0.5, 0.6) is 0 Å². The molecule has 1 heteroatoms. The maximum atomic E-state index is 5.92. The van der Waals surface area contributed by atoms with E-state index in [4.69, 9.17) is 11.6 Å². The average molecular weight is 177 g/mol. The largest absolute Gasteiger partial charge is 0.126 e. The molecule has 0 spiro atoms. The van der Waals surface area contributed by atoms with Crippen molar-refractivity contribution in [1.29, 1.82) is 0 Å². The highest BCUT2D eigenvalue weighted by Crippen LogP contribution is 2.30. The molecule has 0 rings (SSSR count). The Morgan fingerprint density at radius 3 is 2.09 bits per heavy atom. The Hall–Kier alpha value is 0.290. The lowest BCUT2D eigenvalue weighted by Gasteiger charge is -2.26. The van der Waals surface area contributed by atoms with Crippen LogP contribution >= 0.6 is 11.6 Å². The number of halogens is 1. The molecule has 0 amide bonds. The van der Waals surface area contributed by atoms with Crippen molar-refractivity contribution in [2.45, 2.75) is 52.9 Å². The first-order valence-electron chi connectivity index (χ1n) is 4.74. The van der Waals surface area contributed by atoms with Crippen LogP contribution in [0.4, 0.5) is 0 Å². The maximum absolute atomic E-state index is 5.92. The fourth-order valence-electron chi connectivity index (χ4n) is 1.47. The number of alkyl halides is 1. The molecule has 0 N–H and O–H groups in total. The zero-order valence-corrected chi connectivity index (χ0v) is 8.88. The third kappa shape index (κ3) is 4.68. The lowest BCUT2D eigenvalue weighted by molar-refractivity contribution is 0.300. The Labute approximate surface area is 76.3 Å². The SMILES string of the molecule is CCCCC(C)(CCl)CCC. The summed E-state index contributed by atoms with van der Waals surface area (Å²) < 4.78 is 0. The van der Waals surface area contributed by atoms with Crippen molar-refractivity contribution in [2.24, 2.45) is 5.41 Å². The molecule has 0 aromatic rings. The Kier molecular flexibility index (Phi) is 6.03. The highest BCUT2D eigenvalue weighted by Gasteiger charge is 2.20. The Balaban J connectivity index is 3.68. The van der Waals surface area contributed by atoms with Crippen molar-refractivity contribution in [2.75, 3.05) is 5.88 Å². The molecule has 0 heterocycles. The number of hydrogen-bond donors (Lipinski definition) is 0. The molecule has 0 bridgehead atoms. The number of unbranched alkanes of at least 4 members (excludes halogenated alkanes) is 1. The van der Waals surface area contributed by atoms with E-state index >= 15 is 0 Å². The van der Waals surface area contributed by atoms with Gasteiger partial charge in [0.2, 0.25) is 0 Å². The first kappa shape index (κ1) is 11.3. The van der Waals surface area contributed by atoms with E-state index in [1.807, 2.05) is 0 Å². The Bertz CT molecular complexity index is 90.9. The molecule has 0 aliphatic carbocycles. The highest BCUT2D eigenvalue weighted by molar-refractivity contribution is 6.18. The van der Waals surface area contributed by atoms with E-state index in [2.05, 4.69) is 20.8 Å². The van der Waals surface area contributed by atoms with Gasteiger partial charge in [-0.1, -0.05) is 40.0 Å². The van der Waals surface area contributed by atoms with E-state index in [-0.39, 0.29) is 0 Å². The maximum Gasteiger partial charge on any atom is 0.0277 e. The van der Waals surface area contributed by atoms with E-state index in [1.165, 1.54) is 32.1 Å². The molecule has 0 saturated carbocycles. The monoisotopic (exact) mass is 176 g/mol. The molecule has 0 radical (unpaired) electrons. The zero-order chi connectivity index (χ0) is 8.74. The molecule has 0 aromatic carbocycles. The second kappa shape index (κ2) is 5.88. The summed E-state index contributed by atoms with van der Waals surface area (Å²) in [4.78, 5) is 0. The molecule has 1 atom stereocenters. The fourth-order valence-corrected chi connectivity index (χ4v) is 1.73. The second-order valence-corrected chi connectivity index (χ2v) is 4.07. The topological polar surface area (TPSA) is 0 Å². The van der Waals surface area contributed by atoms with E-state index in [9.17, 15) is 0 Å². The van der Waals surface area contributed by atoms with Crippen LogP contribution in [0, 0.1) is 5.41 Å². The Morgan fingerprint density at radius 2 is 1.73 bits per heavy atom. The third-order valence-electron chi connectivity index (χ3n) is 2.31. The molecular weight excluding hydrogens is 156 g/mol. The van der Waals surface area contributed by atoms with Crippen molar-refractivity contribution in [3.8, 4) is 0 Å². The molecule has 0 aromatic heterocycles. The summed E-state index contributed by atoms with van der Waals surface area (Å²) >= 11 is 5.92. The summed E-state index contributed by atoms with van der Waals surface area (Å²) in [6, 6.07) is 0.